The van der Waals surface area contributed by atoms with E-state index < -0.39 is 53.5 Å². The number of nitrogens with zero attached hydrogens (tertiary/aromatic N) is 5. The van der Waals surface area contributed by atoms with E-state index in [2.05, 4.69) is 15.0 Å². The minimum Gasteiger partial charge on any atom is -0.481 e. The number of benzene rings is 2. The van der Waals surface area contributed by atoms with Crippen LogP contribution in [0.3, 0.4) is 0 Å². The summed E-state index contributed by atoms with van der Waals surface area (Å²) < 4.78 is 107. The van der Waals surface area contributed by atoms with Gasteiger partial charge in [0.05, 0.1) is 49.6 Å². The third kappa shape index (κ3) is 6.75. The fourth-order valence-electron chi connectivity index (χ4n) is 6.09. The van der Waals surface area contributed by atoms with Gasteiger partial charge in [0.25, 0.3) is 0 Å². The normalized spacial score (nSPS) is 18.3. The van der Waals surface area contributed by atoms with Gasteiger partial charge in [0.15, 0.2) is 0 Å². The zero-order valence-electron chi connectivity index (χ0n) is 26.9. The molecule has 2 aliphatic heterocycles. The van der Waals surface area contributed by atoms with E-state index in [1.54, 1.807) is 17.2 Å². The summed E-state index contributed by atoms with van der Waals surface area (Å²) in [6, 6.07) is 7.61. The van der Waals surface area contributed by atoms with Crippen LogP contribution in [0.5, 0.6) is 5.88 Å². The van der Waals surface area contributed by atoms with Crippen molar-refractivity contribution in [1.82, 2.24) is 19.9 Å². The van der Waals surface area contributed by atoms with Crippen LogP contribution in [-0.2, 0) is 30.2 Å². The van der Waals surface area contributed by atoms with E-state index in [0.29, 0.717) is 35.4 Å². The average Bonchev–Trinajstić information content (AvgIpc) is 3.34. The number of aromatic nitrogens is 3. The van der Waals surface area contributed by atoms with Crippen molar-refractivity contribution in [3.05, 3.63) is 88.4 Å². The van der Waals surface area contributed by atoms with E-state index in [0.717, 1.165) is 21.6 Å². The number of hydrogen-bond acceptors (Lipinski definition) is 8. The Labute approximate surface area is 281 Å². The number of halogens is 7. The largest absolute Gasteiger partial charge is 0.481 e. The summed E-state index contributed by atoms with van der Waals surface area (Å²) in [7, 11) is 1.41. The topological polar surface area (TPSA) is 107 Å². The molecular formula is C34H31F7N6O3. The summed E-state index contributed by atoms with van der Waals surface area (Å²) in [6.07, 6.45) is -10.6. The molecule has 2 N–H and O–H groups in total. The molecule has 2 fully saturated rings. The van der Waals surface area contributed by atoms with E-state index >= 15 is 0 Å². The van der Waals surface area contributed by atoms with Crippen LogP contribution in [0.25, 0.3) is 22.3 Å². The maximum atomic E-state index is 13.8. The molecule has 0 spiro atoms. The number of anilines is 1. The van der Waals surface area contributed by atoms with Crippen LogP contribution in [0.15, 0.2) is 54.9 Å². The quantitative estimate of drug-likeness (QED) is 0.191. The number of cyclic esters (lactones) is 1. The predicted molar refractivity (Wildman–Crippen MR) is 168 cm³/mol. The Morgan fingerprint density at radius 3 is 2.20 bits per heavy atom. The maximum absolute atomic E-state index is 13.8. The van der Waals surface area contributed by atoms with Crippen molar-refractivity contribution in [2.24, 2.45) is 5.73 Å². The predicted octanol–water partition coefficient (Wildman–Crippen LogP) is 7.26. The third-order valence-electron chi connectivity index (χ3n) is 8.80. The van der Waals surface area contributed by atoms with Crippen molar-refractivity contribution in [1.29, 1.82) is 0 Å². The third-order valence-corrected chi connectivity index (χ3v) is 8.80. The summed E-state index contributed by atoms with van der Waals surface area (Å²) in [5.41, 5.74) is 6.74. The zero-order chi connectivity index (χ0) is 36.1. The number of methoxy groups -OCH3 is 1. The number of rotatable bonds is 8. The molecule has 4 aromatic rings. The van der Waals surface area contributed by atoms with E-state index in [4.69, 9.17) is 15.2 Å². The molecule has 50 heavy (non-hydrogen) atoms. The van der Waals surface area contributed by atoms with Crippen LogP contribution in [0.2, 0.25) is 0 Å². The number of amides is 1. The second-order valence-electron chi connectivity index (χ2n) is 12.2. The fraction of sp³-hybridized carbons (Fsp3) is 0.353. The molecular weight excluding hydrogens is 673 g/mol. The van der Waals surface area contributed by atoms with Gasteiger partial charge in [-0.2, -0.15) is 26.3 Å². The molecule has 2 aromatic carbocycles. The van der Waals surface area contributed by atoms with Crippen molar-refractivity contribution in [2.45, 2.75) is 57.6 Å². The number of pyridine rings is 1. The van der Waals surface area contributed by atoms with Crippen molar-refractivity contribution in [2.75, 3.05) is 25.1 Å². The molecule has 0 bridgehead atoms. The van der Waals surface area contributed by atoms with Gasteiger partial charge in [0, 0.05) is 35.6 Å². The molecule has 2 aromatic heterocycles. The van der Waals surface area contributed by atoms with Gasteiger partial charge in [-0.1, -0.05) is 18.2 Å². The number of carbonyl (C=O) groups excluding carboxylic acids is 1. The van der Waals surface area contributed by atoms with Crippen LogP contribution >= 0.6 is 0 Å². The van der Waals surface area contributed by atoms with E-state index in [1.165, 1.54) is 20.2 Å². The minimum absolute atomic E-state index is 0.0127. The molecule has 2 aliphatic rings. The van der Waals surface area contributed by atoms with Gasteiger partial charge in [0.1, 0.15) is 12.3 Å². The summed E-state index contributed by atoms with van der Waals surface area (Å²) >= 11 is 0. The standard InChI is InChI=1S/C34H31F7N6O3/c1-17-6-19(11-42)4-5-25(17)21-9-26(30(49-3)43-12-21)27-13-44-31(46-14-24(35)15-46)45-28(27)16-47-18(2)29(50-32(47)48)20-7-22(33(36,37)38)10-23(8-20)34(39,40)41/h4-10,12-13,18,24,29H,11,14-16,42H2,1-3H3/t18-,29-/m0/s1. The van der Waals surface area contributed by atoms with Crippen molar-refractivity contribution in [3.8, 4) is 28.1 Å². The Bertz CT molecular complexity index is 1900. The average molecular weight is 705 g/mol. The highest BCUT2D eigenvalue weighted by Crippen LogP contribution is 2.42. The SMILES string of the molecule is COc1ncc(-c2ccc(CN)cc2C)cc1-c1cnc(N2CC(F)C2)nc1CN1C(=O)O[C@H](c2cc(C(F)(F)F)cc(C(F)(F)F)c2)[C@@H]1C. The van der Waals surface area contributed by atoms with E-state index in [9.17, 15) is 35.5 Å². The monoisotopic (exact) mass is 704 g/mol. The Morgan fingerprint density at radius 1 is 0.940 bits per heavy atom. The van der Waals surface area contributed by atoms with E-state index in [-0.39, 0.29) is 43.2 Å². The molecule has 6 rings (SSSR count). The highest BCUT2D eigenvalue weighted by molar-refractivity contribution is 5.79. The first kappa shape index (κ1) is 34.9. The fourth-order valence-corrected chi connectivity index (χ4v) is 6.09. The van der Waals surface area contributed by atoms with Gasteiger partial charge < -0.3 is 20.1 Å². The Hall–Kier alpha value is -4.99. The molecule has 0 saturated carbocycles. The second kappa shape index (κ2) is 13.0. The molecule has 2 saturated heterocycles. The number of ether oxygens (including phenoxy) is 2. The van der Waals surface area contributed by atoms with Gasteiger partial charge in [0.2, 0.25) is 11.8 Å². The maximum Gasteiger partial charge on any atom is 0.416 e. The van der Waals surface area contributed by atoms with Crippen LogP contribution in [-0.4, -0.2) is 58.4 Å². The number of hydrogen-bond donors (Lipinski definition) is 1. The Morgan fingerprint density at radius 2 is 1.62 bits per heavy atom. The van der Waals surface area contributed by atoms with Gasteiger partial charge in [-0.05, 0) is 60.4 Å². The summed E-state index contributed by atoms with van der Waals surface area (Å²) in [4.78, 5) is 29.6. The number of alkyl halides is 7. The molecule has 264 valence electrons. The summed E-state index contributed by atoms with van der Waals surface area (Å²) in [6.45, 7) is 3.51. The first-order valence-electron chi connectivity index (χ1n) is 15.4. The zero-order valence-corrected chi connectivity index (χ0v) is 26.9. The first-order chi connectivity index (χ1) is 23.6. The van der Waals surface area contributed by atoms with Crippen molar-refractivity contribution >= 4 is 12.0 Å². The van der Waals surface area contributed by atoms with Crippen LogP contribution < -0.4 is 15.4 Å². The number of nitrogens with two attached hydrogens (primary N) is 1. The smallest absolute Gasteiger partial charge is 0.416 e. The summed E-state index contributed by atoms with van der Waals surface area (Å²) in [5.74, 6) is 0.354. The molecule has 2 atom stereocenters. The Kier molecular flexibility index (Phi) is 9.09. The van der Waals surface area contributed by atoms with Crippen molar-refractivity contribution < 1.29 is 45.0 Å². The van der Waals surface area contributed by atoms with Gasteiger partial charge in [-0.3, -0.25) is 4.90 Å². The lowest BCUT2D eigenvalue weighted by molar-refractivity contribution is -0.143. The number of carbonyl (C=O) groups is 1. The Balaban J connectivity index is 1.41. The lowest BCUT2D eigenvalue weighted by atomic mass is 9.96. The van der Waals surface area contributed by atoms with Crippen LogP contribution in [0.4, 0.5) is 41.5 Å². The minimum atomic E-state index is -5.09. The highest BCUT2D eigenvalue weighted by atomic mass is 19.4. The molecule has 4 heterocycles. The van der Waals surface area contributed by atoms with E-state index in [1.807, 2.05) is 25.1 Å². The number of aryl methyl sites for hydroxylation is 1. The first-order valence-corrected chi connectivity index (χ1v) is 15.4. The van der Waals surface area contributed by atoms with Gasteiger partial charge >= 0.3 is 18.4 Å². The molecule has 0 radical (unpaired) electrons. The summed E-state index contributed by atoms with van der Waals surface area (Å²) in [5, 5.41) is 0. The molecule has 1 amide bonds. The molecule has 9 nitrogen and oxygen atoms in total. The van der Waals surface area contributed by atoms with Gasteiger partial charge in [-0.25, -0.2) is 24.1 Å². The lowest BCUT2D eigenvalue weighted by Crippen LogP contribution is -2.49. The second-order valence-corrected chi connectivity index (χ2v) is 12.2. The molecule has 16 heteroatoms. The molecule has 0 aliphatic carbocycles. The van der Waals surface area contributed by atoms with Crippen LogP contribution in [0, 0.1) is 6.92 Å². The van der Waals surface area contributed by atoms with Crippen LogP contribution in [0.1, 0.15) is 46.5 Å². The lowest BCUT2D eigenvalue weighted by Gasteiger charge is -2.34. The van der Waals surface area contributed by atoms with Gasteiger partial charge in [-0.15, -0.1) is 0 Å². The molecule has 0 unspecified atom stereocenters. The van der Waals surface area contributed by atoms with Crippen molar-refractivity contribution in [3.63, 3.8) is 0 Å². The highest BCUT2D eigenvalue weighted by Gasteiger charge is 2.44.